The van der Waals surface area contributed by atoms with E-state index in [0.29, 0.717) is 0 Å². The summed E-state index contributed by atoms with van der Waals surface area (Å²) >= 11 is 0. The fourth-order valence-corrected chi connectivity index (χ4v) is 0. The molecule has 2 radical (unpaired) electrons. The van der Waals surface area contributed by atoms with E-state index in [1.165, 1.54) is 0 Å². The molecule has 0 N–H and O–H groups in total. The average Bonchev–Trinajstić information content (AvgIpc) is 1.25. The maximum atomic E-state index is 8.89. The summed E-state index contributed by atoms with van der Waals surface area (Å²) in [5.41, 5.74) is 0. The summed E-state index contributed by atoms with van der Waals surface area (Å²) in [5, 5.41) is 17.8. The molecule has 7 heteroatoms. The van der Waals surface area contributed by atoms with Gasteiger partial charge in [-0.1, -0.05) is 0 Å². The minimum Gasteiger partial charge on any atom is -0.550 e. The second-order valence-corrected chi connectivity index (χ2v) is 0.983. The molecule has 0 aromatic heterocycles. The van der Waals surface area contributed by atoms with Crippen molar-refractivity contribution in [2.75, 3.05) is 0 Å². The van der Waals surface area contributed by atoms with Crippen LogP contribution in [0.4, 0.5) is 0 Å². The van der Waals surface area contributed by atoms with Gasteiger partial charge in [0.2, 0.25) is 0 Å². The summed E-state index contributed by atoms with van der Waals surface area (Å²) in [6.45, 7) is 1.94. The van der Waals surface area contributed by atoms with Crippen molar-refractivity contribution in [2.24, 2.45) is 0 Å². The van der Waals surface area contributed by atoms with Gasteiger partial charge in [0, 0.05) is 11.9 Å². The molecule has 0 aliphatic heterocycles. The van der Waals surface area contributed by atoms with Crippen molar-refractivity contribution < 1.29 is 53.6 Å². The summed E-state index contributed by atoms with van der Waals surface area (Å²) in [7, 11) is 0. The summed E-state index contributed by atoms with van der Waals surface area (Å²) in [5.74, 6) is -2.17. The van der Waals surface area contributed by atoms with Crippen LogP contribution in [0.1, 0.15) is 13.8 Å². The monoisotopic (exact) mass is 312 g/mol. The molecule has 0 saturated carbocycles. The van der Waals surface area contributed by atoms with Crippen molar-refractivity contribution in [3.8, 4) is 0 Å². The van der Waals surface area contributed by atoms with Crippen LogP contribution in [0.2, 0.25) is 0 Å². The van der Waals surface area contributed by atoms with E-state index >= 15 is 0 Å². The third kappa shape index (κ3) is 3750. The van der Waals surface area contributed by atoms with Crippen molar-refractivity contribution in [3.05, 3.63) is 0 Å². The van der Waals surface area contributed by atoms with Crippen LogP contribution in [-0.2, 0) is 43.4 Å². The molecule has 0 aliphatic rings. The fraction of sp³-hybridized carbons (Fsp3) is 0.500. The van der Waals surface area contributed by atoms with Gasteiger partial charge < -0.3 is 19.8 Å². The van der Waals surface area contributed by atoms with Crippen LogP contribution in [0, 0.1) is 0 Å². The number of hydrogen-bond donors (Lipinski definition) is 0. The molecule has 0 aromatic rings. The molecule has 0 spiro atoms. The van der Waals surface area contributed by atoms with Crippen molar-refractivity contribution in [2.45, 2.75) is 13.8 Å². The van der Waals surface area contributed by atoms with Crippen LogP contribution in [0.25, 0.3) is 0 Å². The van der Waals surface area contributed by atoms with Crippen molar-refractivity contribution in [1.29, 1.82) is 0 Å². The van der Waals surface area contributed by atoms with Gasteiger partial charge in [0.15, 0.2) is 0 Å². The van der Waals surface area contributed by atoms with Gasteiger partial charge in [-0.05, 0) is 13.8 Å². The number of aliphatic carboxylic acids is 2. The van der Waals surface area contributed by atoms with Crippen molar-refractivity contribution >= 4 is 28.9 Å². The van der Waals surface area contributed by atoms with Gasteiger partial charge in [-0.3, -0.25) is 0 Å². The number of rotatable bonds is 0. The number of carbonyl (C=O) groups is 2. The first-order valence-corrected chi connectivity index (χ1v) is 1.82. The van der Waals surface area contributed by atoms with Crippen LogP contribution in [0.5, 0.6) is 0 Å². The maximum Gasteiger partial charge on any atom is 2.00 e. The molecule has 0 aliphatic carbocycles. The average molecular weight is 313 g/mol. The zero-order valence-corrected chi connectivity index (χ0v) is 9.69. The summed E-state index contributed by atoms with van der Waals surface area (Å²) in [4.78, 5) is 17.8. The van der Waals surface area contributed by atoms with Crippen LogP contribution >= 0.6 is 17.0 Å². The van der Waals surface area contributed by atoms with E-state index in [9.17, 15) is 0 Å². The minimum atomic E-state index is -1.08. The number of carboxylic acids is 2. The molecule has 11 heavy (non-hydrogen) atoms. The minimum absolute atomic E-state index is 0. The van der Waals surface area contributed by atoms with Gasteiger partial charge >= 0.3 is 33.8 Å². The Morgan fingerprint density at radius 2 is 1.00 bits per heavy atom. The largest absolute Gasteiger partial charge is 2.00 e. The first-order valence-electron chi connectivity index (χ1n) is 1.82. The second kappa shape index (κ2) is 22.4. The topological polar surface area (TPSA) is 80.3 Å². The molecule has 0 saturated heterocycles. The van der Waals surface area contributed by atoms with E-state index < -0.39 is 11.9 Å². The Kier molecular flexibility index (Phi) is 61.3. The molecule has 4 nitrogen and oxygen atoms in total. The van der Waals surface area contributed by atoms with Gasteiger partial charge in [-0.25, -0.2) is 0 Å². The van der Waals surface area contributed by atoms with Crippen molar-refractivity contribution in [1.82, 2.24) is 0 Å². The molecule has 0 rings (SSSR count). The van der Waals surface area contributed by atoms with Crippen LogP contribution in [-0.4, -0.2) is 11.9 Å². The Labute approximate surface area is 96.2 Å². The summed E-state index contributed by atoms with van der Waals surface area (Å²) in [6.07, 6.45) is 0. The standard InChI is InChI=1S/2C2H4O2.BrH.Co.Mn/c2*1-2(3)4;;;/h2*1H3,(H,3,4);1H;;/q;;;2*+2/p-2. The predicted molar refractivity (Wildman–Crippen MR) is 31.7 cm³/mol. The number of hydrogen-bond acceptors (Lipinski definition) is 4. The molecule has 0 fully saturated rings. The van der Waals surface area contributed by atoms with Crippen LogP contribution in [0.15, 0.2) is 0 Å². The Bertz CT molecular complexity index is 80.1. The molecular weight excluding hydrogens is 306 g/mol. The smallest absolute Gasteiger partial charge is 0.550 e. The van der Waals surface area contributed by atoms with Gasteiger partial charge in [0.25, 0.3) is 0 Å². The third-order valence-corrected chi connectivity index (χ3v) is 0. The van der Waals surface area contributed by atoms with E-state index in [1.807, 2.05) is 0 Å². The van der Waals surface area contributed by atoms with Gasteiger partial charge in [0.05, 0.1) is 0 Å². The zero-order valence-electron chi connectivity index (χ0n) is 5.75. The van der Waals surface area contributed by atoms with E-state index in [0.717, 1.165) is 13.8 Å². The van der Waals surface area contributed by atoms with Crippen LogP contribution < -0.4 is 10.2 Å². The van der Waals surface area contributed by atoms with Crippen LogP contribution in [0.3, 0.4) is 0 Å². The number of carbonyl (C=O) groups excluding carboxylic acids is 2. The van der Waals surface area contributed by atoms with E-state index in [4.69, 9.17) is 19.8 Å². The molecule has 0 amide bonds. The van der Waals surface area contributed by atoms with Crippen molar-refractivity contribution in [3.63, 3.8) is 0 Å². The molecule has 0 atom stereocenters. The molecule has 0 unspecified atom stereocenters. The molecular formula is C4H7BrCoMnO4+2. The Hall–Kier alpha value is 0.446. The molecule has 0 bridgehead atoms. The van der Waals surface area contributed by atoms with Gasteiger partial charge in [-0.15, -0.1) is 17.0 Å². The Morgan fingerprint density at radius 1 is 1.00 bits per heavy atom. The molecule has 0 heterocycles. The van der Waals surface area contributed by atoms with E-state index in [1.54, 1.807) is 0 Å². The van der Waals surface area contributed by atoms with Gasteiger partial charge in [-0.2, -0.15) is 0 Å². The van der Waals surface area contributed by atoms with E-state index in [-0.39, 0.29) is 50.8 Å². The second-order valence-electron chi connectivity index (χ2n) is 0.983. The molecule has 68 valence electrons. The van der Waals surface area contributed by atoms with Gasteiger partial charge in [0.1, 0.15) is 0 Å². The number of carboxylic acid groups (broad SMARTS) is 2. The normalized spacial score (nSPS) is 4.55. The first kappa shape index (κ1) is 30.1. The quantitative estimate of drug-likeness (QED) is 0.489. The Balaban J connectivity index is -0.0000000171. The number of halogens is 1. The summed E-state index contributed by atoms with van der Waals surface area (Å²) < 4.78 is 0. The maximum absolute atomic E-state index is 8.89. The molecule has 0 aromatic carbocycles. The Morgan fingerprint density at radius 3 is 1.00 bits per heavy atom. The first-order chi connectivity index (χ1) is 3.46. The summed E-state index contributed by atoms with van der Waals surface area (Å²) in [6, 6.07) is 0. The zero-order chi connectivity index (χ0) is 7.15. The third-order valence-electron chi connectivity index (χ3n) is 0. The SMILES string of the molecule is Br.CC(=O)[O-].CC(=O)[O-].[Co+2].[Mn+2]. The predicted octanol–water partition coefficient (Wildman–Crippen LogP) is -1.91. The fourth-order valence-electron chi connectivity index (χ4n) is 0. The van der Waals surface area contributed by atoms with E-state index in [2.05, 4.69) is 0 Å².